The van der Waals surface area contributed by atoms with Crippen molar-refractivity contribution in [2.24, 2.45) is 4.99 Å². The molecule has 2 aromatic carbocycles. The van der Waals surface area contributed by atoms with Gasteiger partial charge in [0.2, 0.25) is 0 Å². The van der Waals surface area contributed by atoms with Gasteiger partial charge in [-0.1, -0.05) is 24.3 Å². The summed E-state index contributed by atoms with van der Waals surface area (Å²) in [6, 6.07) is 15.9. The van der Waals surface area contributed by atoms with E-state index >= 15 is 0 Å². The van der Waals surface area contributed by atoms with Gasteiger partial charge in [0.1, 0.15) is 5.84 Å². The van der Waals surface area contributed by atoms with Crippen LogP contribution >= 0.6 is 0 Å². The highest BCUT2D eigenvalue weighted by Gasteiger charge is 2.40. The lowest BCUT2D eigenvalue weighted by Gasteiger charge is -2.42. The average Bonchev–Trinajstić information content (AvgIpc) is 2.76. The van der Waals surface area contributed by atoms with Crippen molar-refractivity contribution in [2.75, 3.05) is 23.3 Å². The number of rotatable bonds is 6. The second kappa shape index (κ2) is 8.42. The van der Waals surface area contributed by atoms with E-state index in [0.29, 0.717) is 6.54 Å². The Bertz CT molecular complexity index is 908. The fourth-order valence-corrected chi connectivity index (χ4v) is 3.83. The summed E-state index contributed by atoms with van der Waals surface area (Å²) in [6.07, 6.45) is 4.16. The third-order valence-corrected chi connectivity index (χ3v) is 5.41. The molecule has 4 rings (SSSR count). The zero-order valence-corrected chi connectivity index (χ0v) is 16.2. The molecule has 1 saturated heterocycles. The molecule has 2 aromatic rings. The first kappa shape index (κ1) is 19.1. The van der Waals surface area contributed by atoms with Crippen LogP contribution in [0, 0.1) is 10.8 Å². The molecule has 0 radical (unpaired) electrons. The van der Waals surface area contributed by atoms with Crippen LogP contribution in [0.25, 0.3) is 0 Å². The number of amidine groups is 1. The summed E-state index contributed by atoms with van der Waals surface area (Å²) in [5, 5.41) is 22.0. The Kier molecular flexibility index (Phi) is 5.55. The van der Waals surface area contributed by atoms with E-state index in [9.17, 15) is 0 Å². The molecule has 150 valence electrons. The number of aliphatic imine (C=N–C) groups is 1. The molecule has 0 unspecified atom stereocenters. The van der Waals surface area contributed by atoms with Crippen molar-refractivity contribution in [1.82, 2.24) is 16.2 Å². The second-order valence-electron chi connectivity index (χ2n) is 7.25. The van der Waals surface area contributed by atoms with E-state index in [2.05, 4.69) is 27.6 Å². The Labute approximate surface area is 170 Å². The van der Waals surface area contributed by atoms with Crippen molar-refractivity contribution in [1.29, 1.82) is 10.8 Å². The highest BCUT2D eigenvalue weighted by Crippen LogP contribution is 2.36. The molecule has 0 aliphatic carbocycles. The van der Waals surface area contributed by atoms with Crippen molar-refractivity contribution in [3.63, 3.8) is 0 Å². The van der Waals surface area contributed by atoms with Crippen molar-refractivity contribution in [3.8, 4) is 0 Å². The Morgan fingerprint density at radius 2 is 1.86 bits per heavy atom. The van der Waals surface area contributed by atoms with E-state index in [-0.39, 0.29) is 5.54 Å². The van der Waals surface area contributed by atoms with Crippen LogP contribution in [-0.2, 0) is 6.54 Å². The van der Waals surface area contributed by atoms with E-state index in [0.717, 1.165) is 67.1 Å². The molecule has 0 bridgehead atoms. The maximum Gasteiger partial charge on any atom is 0.142 e. The number of piperidine rings is 1. The van der Waals surface area contributed by atoms with Crippen LogP contribution in [0.3, 0.4) is 0 Å². The number of nitrogens with one attached hydrogen (secondary N) is 6. The summed E-state index contributed by atoms with van der Waals surface area (Å²) in [4.78, 5) is 6.36. The fraction of sp³-hybridized carbons (Fsp3) is 0.286. The maximum atomic E-state index is 7.40. The highest BCUT2D eigenvalue weighted by molar-refractivity contribution is 6.00. The smallest absolute Gasteiger partial charge is 0.142 e. The molecule has 6 N–H and O–H groups in total. The minimum atomic E-state index is -0.203. The SMILES string of the molecule is N=CN(C=N)c1cccc(CNNC2=Nc3ccccc3NC23CCNCC3)c1. The summed E-state index contributed by atoms with van der Waals surface area (Å²) in [5.74, 6) is 0.912. The van der Waals surface area contributed by atoms with Gasteiger partial charge < -0.3 is 16.1 Å². The first-order chi connectivity index (χ1) is 14.2. The average molecular weight is 390 g/mol. The summed E-state index contributed by atoms with van der Waals surface area (Å²) in [5.41, 5.74) is 10.3. The maximum absolute atomic E-state index is 7.40. The van der Waals surface area contributed by atoms with Crippen LogP contribution < -0.4 is 26.4 Å². The van der Waals surface area contributed by atoms with E-state index < -0.39 is 0 Å². The molecular weight excluding hydrogens is 364 g/mol. The van der Waals surface area contributed by atoms with Crippen LogP contribution in [0.2, 0.25) is 0 Å². The zero-order chi connectivity index (χ0) is 20.1. The molecule has 0 amide bonds. The van der Waals surface area contributed by atoms with E-state index in [1.54, 1.807) is 0 Å². The Balaban J connectivity index is 1.49. The lowest BCUT2D eigenvalue weighted by Crippen LogP contribution is -2.60. The summed E-state index contributed by atoms with van der Waals surface area (Å²) in [7, 11) is 0. The minimum Gasteiger partial charge on any atom is -0.371 e. The van der Waals surface area contributed by atoms with Gasteiger partial charge in [0.25, 0.3) is 0 Å². The first-order valence-electron chi connectivity index (χ1n) is 9.78. The molecule has 8 heteroatoms. The molecule has 0 saturated carbocycles. The van der Waals surface area contributed by atoms with Crippen molar-refractivity contribution < 1.29 is 0 Å². The molecule has 2 aliphatic rings. The Morgan fingerprint density at radius 1 is 1.07 bits per heavy atom. The van der Waals surface area contributed by atoms with E-state index in [1.807, 2.05) is 42.5 Å². The molecule has 29 heavy (non-hydrogen) atoms. The Hall–Kier alpha value is -3.23. The van der Waals surface area contributed by atoms with Gasteiger partial charge in [-0.05, 0) is 55.8 Å². The van der Waals surface area contributed by atoms with Gasteiger partial charge in [-0.2, -0.15) is 0 Å². The van der Waals surface area contributed by atoms with Gasteiger partial charge >= 0.3 is 0 Å². The third-order valence-electron chi connectivity index (χ3n) is 5.41. The van der Waals surface area contributed by atoms with Gasteiger partial charge in [0.05, 0.1) is 29.6 Å². The topological polar surface area (TPSA) is 111 Å². The van der Waals surface area contributed by atoms with E-state index in [4.69, 9.17) is 15.8 Å². The molecule has 1 fully saturated rings. The number of benzene rings is 2. The lowest BCUT2D eigenvalue weighted by molar-refractivity contribution is 0.407. The van der Waals surface area contributed by atoms with Gasteiger partial charge in [-0.3, -0.25) is 15.7 Å². The molecular formula is C21H26N8. The zero-order valence-electron chi connectivity index (χ0n) is 16.2. The largest absolute Gasteiger partial charge is 0.371 e. The molecule has 0 atom stereocenters. The van der Waals surface area contributed by atoms with E-state index in [1.165, 1.54) is 4.90 Å². The first-order valence-corrected chi connectivity index (χ1v) is 9.78. The van der Waals surface area contributed by atoms with Crippen molar-refractivity contribution >= 4 is 35.6 Å². The number of hydrazine groups is 1. The summed E-state index contributed by atoms with van der Waals surface area (Å²) in [6.45, 7) is 2.48. The van der Waals surface area contributed by atoms with Crippen LogP contribution in [-0.4, -0.2) is 37.1 Å². The molecule has 8 nitrogen and oxygen atoms in total. The predicted octanol–water partition coefficient (Wildman–Crippen LogP) is 2.58. The minimum absolute atomic E-state index is 0.203. The molecule has 0 aromatic heterocycles. The third kappa shape index (κ3) is 3.98. The standard InChI is InChI=1S/C21H26N8/c22-14-29(15-23)17-5-3-4-16(12-17)13-25-28-20-21(8-10-24-11-9-21)27-19-7-2-1-6-18(19)26-20/h1-7,12,14-15,22-25,27H,8-11,13H2,(H,26,28). The van der Waals surface area contributed by atoms with Gasteiger partial charge in [-0.25, -0.2) is 10.4 Å². The number of hydrogen-bond acceptors (Lipinski definition) is 7. The quantitative estimate of drug-likeness (QED) is 0.258. The van der Waals surface area contributed by atoms with Crippen LogP contribution in [0.4, 0.5) is 17.1 Å². The number of nitrogens with zero attached hydrogens (tertiary/aromatic N) is 2. The molecule has 2 aliphatic heterocycles. The van der Waals surface area contributed by atoms with Crippen molar-refractivity contribution in [3.05, 3.63) is 54.1 Å². The van der Waals surface area contributed by atoms with Crippen LogP contribution in [0.5, 0.6) is 0 Å². The lowest BCUT2D eigenvalue weighted by atomic mass is 9.85. The van der Waals surface area contributed by atoms with Gasteiger partial charge in [0, 0.05) is 12.2 Å². The molecule has 1 spiro atoms. The van der Waals surface area contributed by atoms with Crippen molar-refractivity contribution in [2.45, 2.75) is 24.9 Å². The number of fused-ring (bicyclic) bond motifs is 1. The Morgan fingerprint density at radius 3 is 2.66 bits per heavy atom. The van der Waals surface area contributed by atoms with Crippen LogP contribution in [0.1, 0.15) is 18.4 Å². The van der Waals surface area contributed by atoms with Crippen LogP contribution in [0.15, 0.2) is 53.5 Å². The monoisotopic (exact) mass is 390 g/mol. The van der Waals surface area contributed by atoms with Gasteiger partial charge in [0.15, 0.2) is 0 Å². The second-order valence-corrected chi connectivity index (χ2v) is 7.25. The predicted molar refractivity (Wildman–Crippen MR) is 118 cm³/mol. The highest BCUT2D eigenvalue weighted by atomic mass is 15.4. The number of hydrogen-bond donors (Lipinski definition) is 6. The summed E-state index contributed by atoms with van der Waals surface area (Å²) < 4.78 is 0. The fourth-order valence-electron chi connectivity index (χ4n) is 3.83. The number of anilines is 2. The normalized spacial score (nSPS) is 16.9. The summed E-state index contributed by atoms with van der Waals surface area (Å²) >= 11 is 0. The molecule has 2 heterocycles. The van der Waals surface area contributed by atoms with Gasteiger partial charge in [-0.15, -0.1) is 0 Å². The number of para-hydroxylation sites is 2.